The highest BCUT2D eigenvalue weighted by atomic mass is 16.5. The first-order valence-electron chi connectivity index (χ1n) is 13.2. The fourth-order valence-corrected chi connectivity index (χ4v) is 4.73. The number of ketones is 1. The lowest BCUT2D eigenvalue weighted by molar-refractivity contribution is -0.140. The number of morpholine rings is 1. The molecule has 2 aliphatic rings. The van der Waals surface area contributed by atoms with E-state index in [1.807, 2.05) is 0 Å². The first-order valence-corrected chi connectivity index (χ1v) is 13.2. The molecule has 2 N–H and O–H groups in total. The predicted molar refractivity (Wildman–Crippen MR) is 142 cm³/mol. The molecule has 2 fully saturated rings. The first kappa shape index (κ1) is 27.5. The minimum absolute atomic E-state index is 0.00387. The summed E-state index contributed by atoms with van der Waals surface area (Å²) in [6.45, 7) is 8.32. The number of hydrogen-bond acceptors (Lipinski definition) is 8. The number of aliphatic hydroxyl groups excluding tert-OH is 1. The van der Waals surface area contributed by atoms with Crippen molar-refractivity contribution in [2.75, 3.05) is 52.6 Å². The monoisotopic (exact) mass is 524 g/mol. The number of ether oxygens (including phenoxy) is 3. The molecule has 2 aromatic rings. The molecule has 2 aliphatic heterocycles. The highest BCUT2D eigenvalue weighted by Crippen LogP contribution is 2.42. The largest absolute Gasteiger partial charge is 0.507 e. The van der Waals surface area contributed by atoms with Gasteiger partial charge in [0.25, 0.3) is 11.7 Å². The van der Waals surface area contributed by atoms with Gasteiger partial charge in [0.15, 0.2) is 11.5 Å². The molecule has 9 nitrogen and oxygen atoms in total. The molecule has 0 radical (unpaired) electrons. The van der Waals surface area contributed by atoms with E-state index in [0.717, 1.165) is 25.9 Å². The van der Waals surface area contributed by atoms with Crippen molar-refractivity contribution in [2.24, 2.45) is 0 Å². The van der Waals surface area contributed by atoms with Gasteiger partial charge in [0.05, 0.1) is 38.0 Å². The number of likely N-dealkylation sites (tertiary alicyclic amines) is 1. The van der Waals surface area contributed by atoms with Crippen molar-refractivity contribution in [3.8, 4) is 17.2 Å². The van der Waals surface area contributed by atoms with Crippen LogP contribution < -0.4 is 9.47 Å². The Kier molecular flexibility index (Phi) is 9.25. The molecule has 1 amide bonds. The van der Waals surface area contributed by atoms with Gasteiger partial charge in [-0.05, 0) is 43.2 Å². The second-order valence-electron chi connectivity index (χ2n) is 9.34. The predicted octanol–water partition coefficient (Wildman–Crippen LogP) is 3.72. The summed E-state index contributed by atoms with van der Waals surface area (Å²) >= 11 is 0. The van der Waals surface area contributed by atoms with Gasteiger partial charge < -0.3 is 29.3 Å². The lowest BCUT2D eigenvalue weighted by Gasteiger charge is -2.31. The van der Waals surface area contributed by atoms with Crippen LogP contribution in [0, 0.1) is 0 Å². The van der Waals surface area contributed by atoms with Gasteiger partial charge >= 0.3 is 0 Å². The molecule has 2 heterocycles. The van der Waals surface area contributed by atoms with E-state index in [9.17, 15) is 19.8 Å². The Morgan fingerprint density at radius 1 is 1.05 bits per heavy atom. The molecule has 0 saturated carbocycles. The van der Waals surface area contributed by atoms with Crippen molar-refractivity contribution in [1.82, 2.24) is 9.80 Å². The summed E-state index contributed by atoms with van der Waals surface area (Å²) in [6, 6.07) is 10.8. The average molecular weight is 525 g/mol. The van der Waals surface area contributed by atoms with E-state index >= 15 is 0 Å². The summed E-state index contributed by atoms with van der Waals surface area (Å²) in [7, 11) is 0. The third-order valence-electron chi connectivity index (χ3n) is 6.77. The zero-order valence-electron chi connectivity index (χ0n) is 22.0. The third kappa shape index (κ3) is 6.11. The van der Waals surface area contributed by atoms with Crippen LogP contribution >= 0.6 is 0 Å². The van der Waals surface area contributed by atoms with Gasteiger partial charge in [-0.15, -0.1) is 0 Å². The molecule has 1 atom stereocenters. The third-order valence-corrected chi connectivity index (χ3v) is 6.77. The fourth-order valence-electron chi connectivity index (χ4n) is 4.73. The van der Waals surface area contributed by atoms with Crippen LogP contribution in [0.5, 0.6) is 17.2 Å². The number of phenols is 1. The summed E-state index contributed by atoms with van der Waals surface area (Å²) in [6.07, 6.45) is 1.89. The zero-order valence-corrected chi connectivity index (χ0v) is 22.0. The van der Waals surface area contributed by atoms with E-state index < -0.39 is 17.7 Å². The molecule has 1 unspecified atom stereocenters. The molecular formula is C29H36N2O7. The zero-order chi connectivity index (χ0) is 27.1. The highest BCUT2D eigenvalue weighted by Gasteiger charge is 2.46. The number of rotatable bonds is 11. The molecule has 0 aliphatic carbocycles. The second kappa shape index (κ2) is 12.8. The van der Waals surface area contributed by atoms with Gasteiger partial charge in [-0.2, -0.15) is 0 Å². The number of carbonyl (C=O) groups is 2. The van der Waals surface area contributed by atoms with Crippen LogP contribution in [0.1, 0.15) is 43.9 Å². The molecular weight excluding hydrogens is 488 g/mol. The standard InChI is InChI=1S/C29H36N2O7/c1-3-5-15-38-22-8-6-7-21(18-22)27(33)25-26(20-9-10-23(32)24(19-20)37-4-2)31(29(35)28(25)34)12-11-30-13-16-36-17-14-30/h6-10,18-19,26,32-33H,3-5,11-17H2,1-2H3/b27-25+. The van der Waals surface area contributed by atoms with E-state index in [1.165, 1.54) is 11.0 Å². The molecule has 38 heavy (non-hydrogen) atoms. The Balaban J connectivity index is 1.74. The van der Waals surface area contributed by atoms with Crippen molar-refractivity contribution in [3.63, 3.8) is 0 Å². The molecule has 2 saturated heterocycles. The molecule has 204 valence electrons. The van der Waals surface area contributed by atoms with Gasteiger partial charge in [0.1, 0.15) is 11.5 Å². The maximum absolute atomic E-state index is 13.4. The number of aromatic hydroxyl groups is 1. The smallest absolute Gasteiger partial charge is 0.295 e. The van der Waals surface area contributed by atoms with Gasteiger partial charge in [-0.1, -0.05) is 31.5 Å². The average Bonchev–Trinajstić information content (AvgIpc) is 3.18. The maximum atomic E-state index is 13.4. The summed E-state index contributed by atoms with van der Waals surface area (Å²) in [5, 5.41) is 21.7. The Labute approximate surface area is 223 Å². The Morgan fingerprint density at radius 3 is 2.58 bits per heavy atom. The summed E-state index contributed by atoms with van der Waals surface area (Å²) < 4.78 is 16.8. The number of aliphatic hydroxyl groups is 1. The fraction of sp³-hybridized carbons (Fsp3) is 0.448. The van der Waals surface area contributed by atoms with Crippen molar-refractivity contribution < 1.29 is 34.0 Å². The van der Waals surface area contributed by atoms with Gasteiger partial charge in [-0.25, -0.2) is 0 Å². The van der Waals surface area contributed by atoms with E-state index in [-0.39, 0.29) is 29.4 Å². The van der Waals surface area contributed by atoms with E-state index in [1.54, 1.807) is 43.3 Å². The lowest BCUT2D eigenvalue weighted by atomic mass is 9.95. The Hall–Kier alpha value is -3.56. The summed E-state index contributed by atoms with van der Waals surface area (Å²) in [4.78, 5) is 30.4. The van der Waals surface area contributed by atoms with E-state index in [0.29, 0.717) is 49.8 Å². The number of carbonyl (C=O) groups excluding carboxylic acids is 2. The van der Waals surface area contributed by atoms with Gasteiger partial charge in [0.2, 0.25) is 0 Å². The van der Waals surface area contributed by atoms with Crippen molar-refractivity contribution in [3.05, 3.63) is 59.2 Å². The Morgan fingerprint density at radius 2 is 1.84 bits per heavy atom. The first-order chi connectivity index (χ1) is 18.4. The Bertz CT molecular complexity index is 1170. The van der Waals surface area contributed by atoms with Crippen molar-refractivity contribution >= 4 is 17.4 Å². The quantitative estimate of drug-likeness (QED) is 0.198. The number of unbranched alkanes of at least 4 members (excludes halogenated alkanes) is 1. The van der Waals surface area contributed by atoms with Crippen LogP contribution in [0.15, 0.2) is 48.0 Å². The van der Waals surface area contributed by atoms with Crippen LogP contribution in [-0.2, 0) is 14.3 Å². The SMILES string of the molecule is CCCCOc1cccc(/C(O)=C2\C(=O)C(=O)N(CCN3CCOCC3)C2c2ccc(O)c(OCC)c2)c1. The second-order valence-corrected chi connectivity index (χ2v) is 9.34. The molecule has 4 rings (SSSR count). The maximum Gasteiger partial charge on any atom is 0.295 e. The molecule has 0 bridgehead atoms. The van der Waals surface area contributed by atoms with Crippen LogP contribution in [0.25, 0.3) is 5.76 Å². The molecule has 0 spiro atoms. The minimum atomic E-state index is -0.847. The normalized spacial score (nSPS) is 19.6. The van der Waals surface area contributed by atoms with Crippen LogP contribution in [0.4, 0.5) is 0 Å². The van der Waals surface area contributed by atoms with Crippen molar-refractivity contribution in [1.29, 1.82) is 0 Å². The van der Waals surface area contributed by atoms with Crippen LogP contribution in [0.2, 0.25) is 0 Å². The number of Topliss-reactive ketones (excluding diaryl/α,β-unsaturated/α-hetero) is 1. The molecule has 0 aromatic heterocycles. The molecule has 9 heteroatoms. The van der Waals surface area contributed by atoms with E-state index in [2.05, 4.69) is 11.8 Å². The number of benzene rings is 2. The van der Waals surface area contributed by atoms with Gasteiger partial charge in [0, 0.05) is 31.7 Å². The number of nitrogens with zero attached hydrogens (tertiary/aromatic N) is 2. The minimum Gasteiger partial charge on any atom is -0.507 e. The van der Waals surface area contributed by atoms with Crippen molar-refractivity contribution in [2.45, 2.75) is 32.7 Å². The summed E-state index contributed by atoms with van der Waals surface area (Å²) in [5.41, 5.74) is 0.944. The number of hydrogen-bond donors (Lipinski definition) is 2. The topological polar surface area (TPSA) is 109 Å². The number of phenolic OH excluding ortho intramolecular Hbond substituents is 1. The van der Waals surface area contributed by atoms with Crippen LogP contribution in [0.3, 0.4) is 0 Å². The van der Waals surface area contributed by atoms with Crippen LogP contribution in [-0.4, -0.2) is 84.3 Å². The van der Waals surface area contributed by atoms with E-state index in [4.69, 9.17) is 14.2 Å². The summed E-state index contributed by atoms with van der Waals surface area (Å²) in [5.74, 6) is -0.921. The van der Waals surface area contributed by atoms with Gasteiger partial charge in [-0.3, -0.25) is 14.5 Å². The molecule has 2 aromatic carbocycles. The number of amides is 1. The lowest BCUT2D eigenvalue weighted by Crippen LogP contribution is -2.42. The highest BCUT2D eigenvalue weighted by molar-refractivity contribution is 6.46.